The predicted molar refractivity (Wildman–Crippen MR) is 101 cm³/mol. The SMILES string of the molecule is c1ccc(CN=C2c3ccccc3-c3nccc4ccnc2c34)cc1. The Hall–Kier alpha value is -3.33. The lowest BCUT2D eigenvalue weighted by atomic mass is 9.88. The summed E-state index contributed by atoms with van der Waals surface area (Å²) in [7, 11) is 0. The monoisotopic (exact) mass is 321 g/mol. The zero-order chi connectivity index (χ0) is 16.6. The van der Waals surface area contributed by atoms with E-state index in [9.17, 15) is 0 Å². The van der Waals surface area contributed by atoms with Gasteiger partial charge in [-0.15, -0.1) is 0 Å². The largest absolute Gasteiger partial charge is 0.278 e. The number of pyridine rings is 2. The molecular formula is C22H15N3. The van der Waals surface area contributed by atoms with Crippen molar-refractivity contribution in [3.63, 3.8) is 0 Å². The van der Waals surface area contributed by atoms with Gasteiger partial charge in [-0.2, -0.15) is 0 Å². The Balaban J connectivity index is 1.77. The summed E-state index contributed by atoms with van der Waals surface area (Å²) in [4.78, 5) is 14.2. The second-order valence-electron chi connectivity index (χ2n) is 6.11. The van der Waals surface area contributed by atoms with E-state index >= 15 is 0 Å². The molecule has 1 aliphatic rings. The van der Waals surface area contributed by atoms with Gasteiger partial charge in [0.1, 0.15) is 0 Å². The molecule has 4 aromatic rings. The van der Waals surface area contributed by atoms with Crippen LogP contribution in [-0.4, -0.2) is 15.7 Å². The third kappa shape index (κ3) is 2.24. The van der Waals surface area contributed by atoms with E-state index in [0.29, 0.717) is 6.54 Å². The van der Waals surface area contributed by atoms with Crippen molar-refractivity contribution in [3.05, 3.63) is 95.9 Å². The van der Waals surface area contributed by atoms with Crippen LogP contribution >= 0.6 is 0 Å². The van der Waals surface area contributed by atoms with Crippen molar-refractivity contribution in [1.82, 2.24) is 9.97 Å². The first-order valence-corrected chi connectivity index (χ1v) is 8.34. The lowest BCUT2D eigenvalue weighted by Gasteiger charge is -2.20. The number of fused-ring (bicyclic) bond motifs is 2. The Morgan fingerprint density at radius 3 is 2.16 bits per heavy atom. The molecule has 2 aromatic carbocycles. The minimum absolute atomic E-state index is 0.637. The van der Waals surface area contributed by atoms with Gasteiger partial charge in [0.15, 0.2) is 0 Å². The van der Waals surface area contributed by atoms with E-state index in [1.165, 1.54) is 5.56 Å². The number of hydrogen-bond acceptors (Lipinski definition) is 3. The molecule has 0 spiro atoms. The van der Waals surface area contributed by atoms with Gasteiger partial charge in [-0.1, -0.05) is 54.6 Å². The maximum absolute atomic E-state index is 4.95. The van der Waals surface area contributed by atoms with Crippen molar-refractivity contribution in [2.45, 2.75) is 6.54 Å². The first-order chi connectivity index (χ1) is 12.4. The molecule has 0 fully saturated rings. The van der Waals surface area contributed by atoms with E-state index in [2.05, 4.69) is 40.3 Å². The number of hydrogen-bond donors (Lipinski definition) is 0. The van der Waals surface area contributed by atoms with Crippen LogP contribution in [0.1, 0.15) is 16.8 Å². The van der Waals surface area contributed by atoms with Crippen LogP contribution in [-0.2, 0) is 6.54 Å². The van der Waals surface area contributed by atoms with Gasteiger partial charge < -0.3 is 0 Å². The number of aliphatic imine (C=N–C) groups is 1. The molecule has 5 rings (SSSR count). The molecule has 3 heteroatoms. The average Bonchev–Trinajstić information content (AvgIpc) is 2.69. The number of nitrogens with zero attached hydrogens (tertiary/aromatic N) is 3. The summed E-state index contributed by atoms with van der Waals surface area (Å²) in [6.07, 6.45) is 3.72. The van der Waals surface area contributed by atoms with Crippen LogP contribution in [0.4, 0.5) is 0 Å². The second-order valence-corrected chi connectivity index (χ2v) is 6.11. The molecule has 0 aliphatic heterocycles. The van der Waals surface area contributed by atoms with Gasteiger partial charge in [-0.25, -0.2) is 0 Å². The quantitative estimate of drug-likeness (QED) is 0.475. The fraction of sp³-hybridized carbons (Fsp3) is 0.0455. The van der Waals surface area contributed by atoms with Crippen LogP contribution in [0.5, 0.6) is 0 Å². The highest BCUT2D eigenvalue weighted by molar-refractivity contribution is 6.26. The van der Waals surface area contributed by atoms with Gasteiger partial charge in [0.05, 0.1) is 23.6 Å². The molecule has 0 bridgehead atoms. The zero-order valence-electron chi connectivity index (χ0n) is 13.6. The van der Waals surface area contributed by atoms with Crippen molar-refractivity contribution < 1.29 is 0 Å². The van der Waals surface area contributed by atoms with Crippen LogP contribution in [0, 0.1) is 0 Å². The van der Waals surface area contributed by atoms with Crippen LogP contribution in [0.15, 0.2) is 84.1 Å². The maximum atomic E-state index is 4.95. The van der Waals surface area contributed by atoms with Crippen molar-refractivity contribution in [2.75, 3.05) is 0 Å². The Morgan fingerprint density at radius 2 is 1.36 bits per heavy atom. The van der Waals surface area contributed by atoms with Gasteiger partial charge in [-0.3, -0.25) is 15.0 Å². The molecule has 3 nitrogen and oxygen atoms in total. The van der Waals surface area contributed by atoms with Crippen molar-refractivity contribution in [3.8, 4) is 11.3 Å². The maximum Gasteiger partial charge on any atom is 0.0988 e. The number of benzene rings is 2. The summed E-state index contributed by atoms with van der Waals surface area (Å²) in [5.41, 5.74) is 6.29. The topological polar surface area (TPSA) is 38.1 Å². The Bertz CT molecular complexity index is 1110. The Kier molecular flexibility index (Phi) is 3.17. The zero-order valence-corrected chi connectivity index (χ0v) is 13.6. The molecule has 0 saturated heterocycles. The van der Waals surface area contributed by atoms with E-state index in [0.717, 1.165) is 39.0 Å². The van der Waals surface area contributed by atoms with Crippen molar-refractivity contribution >= 4 is 16.5 Å². The van der Waals surface area contributed by atoms with Gasteiger partial charge in [0.25, 0.3) is 0 Å². The highest BCUT2D eigenvalue weighted by atomic mass is 14.8. The molecule has 0 radical (unpaired) electrons. The van der Waals surface area contributed by atoms with Crippen molar-refractivity contribution in [1.29, 1.82) is 0 Å². The Morgan fingerprint density at radius 1 is 0.680 bits per heavy atom. The van der Waals surface area contributed by atoms with Crippen LogP contribution in [0.2, 0.25) is 0 Å². The molecule has 0 amide bonds. The lowest BCUT2D eigenvalue weighted by Crippen LogP contribution is -2.14. The minimum Gasteiger partial charge on any atom is -0.278 e. The summed E-state index contributed by atoms with van der Waals surface area (Å²) in [5, 5.41) is 2.24. The minimum atomic E-state index is 0.637. The summed E-state index contributed by atoms with van der Waals surface area (Å²) in [5.74, 6) is 0. The fourth-order valence-electron chi connectivity index (χ4n) is 3.44. The van der Waals surface area contributed by atoms with Gasteiger partial charge >= 0.3 is 0 Å². The Labute approximate surface area is 145 Å². The molecule has 0 unspecified atom stereocenters. The molecular weight excluding hydrogens is 306 g/mol. The summed E-state index contributed by atoms with van der Waals surface area (Å²) in [6, 6.07) is 22.7. The summed E-state index contributed by atoms with van der Waals surface area (Å²) in [6.45, 7) is 0.637. The molecule has 2 aromatic heterocycles. The van der Waals surface area contributed by atoms with Gasteiger partial charge in [-0.05, 0) is 23.1 Å². The van der Waals surface area contributed by atoms with Gasteiger partial charge in [0.2, 0.25) is 0 Å². The normalized spacial score (nSPS) is 13.8. The molecule has 1 aliphatic carbocycles. The van der Waals surface area contributed by atoms with E-state index in [1.807, 2.05) is 48.8 Å². The highest BCUT2D eigenvalue weighted by Crippen LogP contribution is 2.37. The highest BCUT2D eigenvalue weighted by Gasteiger charge is 2.25. The second kappa shape index (κ2) is 5.64. The molecule has 0 saturated carbocycles. The number of rotatable bonds is 2. The smallest absolute Gasteiger partial charge is 0.0988 e. The standard InChI is InChI=1S/C22H15N3/c1-2-6-15(7-3-1)14-25-21-18-9-5-4-8-17(18)20-19-16(10-12-23-20)11-13-24-22(19)21/h1-13H,14H2. The first-order valence-electron chi connectivity index (χ1n) is 8.34. The van der Waals surface area contributed by atoms with Crippen LogP contribution < -0.4 is 0 Å². The number of aromatic nitrogens is 2. The summed E-state index contributed by atoms with van der Waals surface area (Å²) >= 11 is 0. The van der Waals surface area contributed by atoms with Crippen molar-refractivity contribution in [2.24, 2.45) is 4.99 Å². The lowest BCUT2D eigenvalue weighted by molar-refractivity contribution is 1.06. The predicted octanol–water partition coefficient (Wildman–Crippen LogP) is 4.65. The molecule has 25 heavy (non-hydrogen) atoms. The fourth-order valence-corrected chi connectivity index (χ4v) is 3.44. The molecule has 2 heterocycles. The van der Waals surface area contributed by atoms with E-state index in [4.69, 9.17) is 4.99 Å². The van der Waals surface area contributed by atoms with Crippen LogP contribution in [0.25, 0.3) is 22.0 Å². The average molecular weight is 321 g/mol. The third-order valence-corrected chi connectivity index (χ3v) is 4.60. The molecule has 0 N–H and O–H groups in total. The first kappa shape index (κ1) is 14.1. The third-order valence-electron chi connectivity index (χ3n) is 4.60. The molecule has 118 valence electrons. The van der Waals surface area contributed by atoms with Crippen LogP contribution in [0.3, 0.4) is 0 Å². The molecule has 0 atom stereocenters. The summed E-state index contributed by atoms with van der Waals surface area (Å²) < 4.78 is 0. The van der Waals surface area contributed by atoms with E-state index < -0.39 is 0 Å². The van der Waals surface area contributed by atoms with Gasteiger partial charge in [0, 0.05) is 28.9 Å². The van der Waals surface area contributed by atoms with E-state index in [1.54, 1.807) is 0 Å². The van der Waals surface area contributed by atoms with E-state index in [-0.39, 0.29) is 0 Å².